The van der Waals surface area contributed by atoms with Crippen LogP contribution in [0.5, 0.6) is 0 Å². The van der Waals surface area contributed by atoms with Crippen molar-refractivity contribution in [2.24, 2.45) is 0 Å². The van der Waals surface area contributed by atoms with Crippen molar-refractivity contribution in [3.8, 4) is 33.6 Å². The van der Waals surface area contributed by atoms with Gasteiger partial charge >= 0.3 is 0 Å². The highest BCUT2D eigenvalue weighted by Crippen LogP contribution is 2.27. The Hall–Kier alpha value is -6.25. The van der Waals surface area contributed by atoms with E-state index in [4.69, 9.17) is 9.97 Å². The van der Waals surface area contributed by atoms with E-state index in [2.05, 4.69) is 204 Å². The van der Waals surface area contributed by atoms with Gasteiger partial charge in [0.15, 0.2) is 0 Å². The first kappa shape index (κ1) is 42.4. The summed E-state index contributed by atoms with van der Waals surface area (Å²) in [7, 11) is 0. The molecule has 2 nitrogen and oxygen atoms in total. The van der Waals surface area contributed by atoms with Crippen molar-refractivity contribution in [2.75, 3.05) is 0 Å². The molecule has 0 amide bonds. The lowest BCUT2D eigenvalue weighted by molar-refractivity contribution is 1.25. The fraction of sp³-hybridized carbons (Fsp3) is 0.207. The number of aromatic nitrogens is 2. The molecule has 8 aromatic rings. The second-order valence-corrected chi connectivity index (χ2v) is 18.2. The summed E-state index contributed by atoms with van der Waals surface area (Å²) in [6.07, 6.45) is 3.82. The highest BCUT2D eigenvalue weighted by molar-refractivity contribution is 6.97. The maximum Gasteiger partial charge on any atom is 0.242 e. The Kier molecular flexibility index (Phi) is 11.8. The third-order valence-corrected chi connectivity index (χ3v) is 13.0. The zero-order chi connectivity index (χ0) is 44.0. The monoisotopic (exact) mass is 804 g/mol. The van der Waals surface area contributed by atoms with Gasteiger partial charge in [-0.2, -0.15) is 0 Å². The van der Waals surface area contributed by atoms with Crippen LogP contribution < -0.4 is 32.8 Å². The van der Waals surface area contributed by atoms with Gasteiger partial charge in [-0.05, 0) is 130 Å². The van der Waals surface area contributed by atoms with E-state index in [1.54, 1.807) is 0 Å². The van der Waals surface area contributed by atoms with Crippen LogP contribution in [-0.4, -0.2) is 23.4 Å². The standard InChI is InChI=1S/C58H58B2N2/c1-35-25-39(5)55(40(6)26-35)59(56-41(7)27-36(2)28-42(56)8)51-17-13-47(14-18-51)49-21-23-61-53(33-49)54-34-50(22-24-62-54)48-15-19-52(20-16-48)60(57-43(9)29-37(3)30-44(57)10)58-45(11)31-38(4)32-46(58)12/h13-34H,1-12H3. The zero-order valence-corrected chi connectivity index (χ0v) is 38.8. The van der Waals surface area contributed by atoms with Gasteiger partial charge in [-0.3, -0.25) is 9.97 Å². The van der Waals surface area contributed by atoms with Crippen molar-refractivity contribution in [3.05, 3.63) is 200 Å². The number of benzene rings is 6. The number of nitrogens with zero attached hydrogens (tertiary/aromatic N) is 2. The lowest BCUT2D eigenvalue weighted by Gasteiger charge is -2.25. The Morgan fingerprint density at radius 1 is 0.274 bits per heavy atom. The lowest BCUT2D eigenvalue weighted by atomic mass is 9.34. The van der Waals surface area contributed by atoms with Crippen LogP contribution in [0.2, 0.25) is 0 Å². The van der Waals surface area contributed by atoms with E-state index in [1.165, 1.54) is 99.5 Å². The molecule has 6 aromatic carbocycles. The number of rotatable bonds is 9. The summed E-state index contributed by atoms with van der Waals surface area (Å²) in [4.78, 5) is 9.67. The van der Waals surface area contributed by atoms with E-state index in [0.717, 1.165) is 33.6 Å². The van der Waals surface area contributed by atoms with E-state index in [1.807, 2.05) is 12.4 Å². The molecule has 0 aliphatic heterocycles. The Bertz CT molecular complexity index is 2570. The molecule has 0 aliphatic carbocycles. The van der Waals surface area contributed by atoms with Crippen LogP contribution in [0.15, 0.2) is 134 Å². The van der Waals surface area contributed by atoms with Crippen LogP contribution in [0.3, 0.4) is 0 Å². The summed E-state index contributed by atoms with van der Waals surface area (Å²) in [6, 6.07) is 45.6. The molecule has 0 radical (unpaired) electrons. The minimum Gasteiger partial charge on any atom is -0.255 e. The number of hydrogen-bond donors (Lipinski definition) is 0. The third kappa shape index (κ3) is 8.36. The van der Waals surface area contributed by atoms with Gasteiger partial charge in [-0.1, -0.05) is 197 Å². The molecule has 4 heteroatoms. The molecule has 62 heavy (non-hydrogen) atoms. The van der Waals surface area contributed by atoms with Crippen molar-refractivity contribution in [1.29, 1.82) is 0 Å². The average Bonchev–Trinajstić information content (AvgIpc) is 3.21. The molecule has 0 unspecified atom stereocenters. The van der Waals surface area contributed by atoms with Gasteiger partial charge in [0.05, 0.1) is 11.4 Å². The Morgan fingerprint density at radius 3 is 0.758 bits per heavy atom. The maximum atomic E-state index is 4.84. The average molecular weight is 805 g/mol. The van der Waals surface area contributed by atoms with Gasteiger partial charge in [-0.15, -0.1) is 0 Å². The van der Waals surface area contributed by atoms with E-state index in [9.17, 15) is 0 Å². The third-order valence-electron chi connectivity index (χ3n) is 13.0. The number of hydrogen-bond acceptors (Lipinski definition) is 2. The summed E-state index contributed by atoms with van der Waals surface area (Å²) in [5.41, 5.74) is 30.4. The molecule has 0 fully saturated rings. The van der Waals surface area contributed by atoms with Crippen molar-refractivity contribution in [1.82, 2.24) is 9.97 Å². The predicted octanol–water partition coefficient (Wildman–Crippen LogP) is 10.2. The van der Waals surface area contributed by atoms with Gasteiger partial charge in [-0.25, -0.2) is 0 Å². The van der Waals surface area contributed by atoms with Crippen molar-refractivity contribution >= 4 is 46.2 Å². The first-order chi connectivity index (χ1) is 29.7. The summed E-state index contributed by atoms with van der Waals surface area (Å²) in [5, 5.41) is 0. The van der Waals surface area contributed by atoms with Gasteiger partial charge < -0.3 is 0 Å². The maximum absolute atomic E-state index is 4.84. The highest BCUT2D eigenvalue weighted by Gasteiger charge is 2.30. The second kappa shape index (κ2) is 17.3. The normalized spacial score (nSPS) is 11.2. The largest absolute Gasteiger partial charge is 0.255 e. The van der Waals surface area contributed by atoms with E-state index in [0.29, 0.717) is 0 Å². The molecular formula is C58H58B2N2. The molecule has 0 aliphatic rings. The van der Waals surface area contributed by atoms with Gasteiger partial charge in [0.1, 0.15) is 0 Å². The fourth-order valence-electron chi connectivity index (χ4n) is 10.8. The van der Waals surface area contributed by atoms with Gasteiger partial charge in [0.2, 0.25) is 13.4 Å². The predicted molar refractivity (Wildman–Crippen MR) is 270 cm³/mol. The molecule has 0 N–H and O–H groups in total. The second-order valence-electron chi connectivity index (χ2n) is 18.2. The minimum absolute atomic E-state index is 0.136. The molecule has 2 aromatic heterocycles. The Balaban J connectivity index is 1.12. The molecule has 0 bridgehead atoms. The zero-order valence-electron chi connectivity index (χ0n) is 38.8. The highest BCUT2D eigenvalue weighted by atomic mass is 14.8. The molecular weight excluding hydrogens is 746 g/mol. The van der Waals surface area contributed by atoms with Crippen molar-refractivity contribution < 1.29 is 0 Å². The van der Waals surface area contributed by atoms with E-state index in [-0.39, 0.29) is 13.4 Å². The fourth-order valence-corrected chi connectivity index (χ4v) is 10.8. The number of aryl methyl sites for hydroxylation is 12. The Morgan fingerprint density at radius 2 is 0.516 bits per heavy atom. The lowest BCUT2D eigenvalue weighted by Crippen LogP contribution is -2.55. The summed E-state index contributed by atoms with van der Waals surface area (Å²) >= 11 is 0. The molecule has 0 atom stereocenters. The summed E-state index contributed by atoms with van der Waals surface area (Å²) in [5.74, 6) is 0. The first-order valence-electron chi connectivity index (χ1n) is 22.1. The molecule has 0 spiro atoms. The minimum atomic E-state index is 0.136. The molecule has 0 saturated heterocycles. The van der Waals surface area contributed by atoms with E-state index < -0.39 is 0 Å². The molecule has 2 heterocycles. The quantitative estimate of drug-likeness (QED) is 0.136. The molecule has 8 rings (SSSR count). The van der Waals surface area contributed by atoms with Crippen LogP contribution in [0.4, 0.5) is 0 Å². The SMILES string of the molecule is Cc1cc(C)c(B(c2ccc(-c3ccnc(-c4cc(-c5ccc(B(c6c(C)cc(C)cc6C)c6c(C)cc(C)cc6C)cc5)ccn4)c3)cc2)c2c(C)cc(C)cc2C)c(C)c1. The van der Waals surface area contributed by atoms with Crippen LogP contribution >= 0.6 is 0 Å². The van der Waals surface area contributed by atoms with Gasteiger partial charge in [0, 0.05) is 12.4 Å². The smallest absolute Gasteiger partial charge is 0.242 e. The summed E-state index contributed by atoms with van der Waals surface area (Å²) in [6.45, 7) is 27.2. The van der Waals surface area contributed by atoms with E-state index >= 15 is 0 Å². The Labute approximate surface area is 371 Å². The summed E-state index contributed by atoms with van der Waals surface area (Å²) < 4.78 is 0. The molecule has 0 saturated carbocycles. The first-order valence-corrected chi connectivity index (χ1v) is 22.1. The number of pyridine rings is 2. The van der Waals surface area contributed by atoms with Crippen LogP contribution in [0, 0.1) is 83.1 Å². The molecule has 306 valence electrons. The van der Waals surface area contributed by atoms with Gasteiger partial charge in [0.25, 0.3) is 0 Å². The van der Waals surface area contributed by atoms with Crippen LogP contribution in [-0.2, 0) is 0 Å². The van der Waals surface area contributed by atoms with Crippen molar-refractivity contribution in [3.63, 3.8) is 0 Å². The van der Waals surface area contributed by atoms with Crippen LogP contribution in [0.25, 0.3) is 33.6 Å². The topological polar surface area (TPSA) is 25.8 Å². The van der Waals surface area contributed by atoms with Crippen molar-refractivity contribution in [2.45, 2.75) is 83.1 Å². The van der Waals surface area contributed by atoms with Crippen LogP contribution in [0.1, 0.15) is 66.8 Å².